The maximum absolute atomic E-state index is 9.60. The highest BCUT2D eigenvalue weighted by Gasteiger charge is 2.42. The van der Waals surface area contributed by atoms with Crippen LogP contribution in [0, 0.1) is 5.41 Å². The SMILES string of the molecule is CC1=C2c3ccc(O)cc3CC2(C)CCC1=NO. The van der Waals surface area contributed by atoms with Gasteiger partial charge in [0, 0.05) is 0 Å². The Labute approximate surface area is 106 Å². The van der Waals surface area contributed by atoms with E-state index < -0.39 is 0 Å². The first kappa shape index (κ1) is 11.3. The summed E-state index contributed by atoms with van der Waals surface area (Å²) in [5.74, 6) is 0.324. The molecule has 1 aromatic carbocycles. The van der Waals surface area contributed by atoms with Crippen molar-refractivity contribution < 1.29 is 10.3 Å². The van der Waals surface area contributed by atoms with Crippen molar-refractivity contribution in [2.24, 2.45) is 10.6 Å². The predicted molar refractivity (Wildman–Crippen MR) is 71.0 cm³/mol. The topological polar surface area (TPSA) is 52.8 Å². The molecule has 0 aromatic heterocycles. The first-order valence-corrected chi connectivity index (χ1v) is 6.30. The van der Waals surface area contributed by atoms with Gasteiger partial charge in [-0.15, -0.1) is 0 Å². The van der Waals surface area contributed by atoms with E-state index in [2.05, 4.69) is 12.1 Å². The van der Waals surface area contributed by atoms with E-state index in [9.17, 15) is 5.11 Å². The van der Waals surface area contributed by atoms with Gasteiger partial charge in [-0.05, 0) is 66.0 Å². The first-order chi connectivity index (χ1) is 8.55. The standard InChI is InChI=1S/C15H17NO2/c1-9-13(16-18)5-6-15(2)8-10-7-11(17)3-4-12(10)14(9)15/h3-4,7,17-18H,5-6,8H2,1-2H3. The molecule has 3 heteroatoms. The highest BCUT2D eigenvalue weighted by Crippen LogP contribution is 2.53. The molecule has 0 bridgehead atoms. The highest BCUT2D eigenvalue weighted by atomic mass is 16.4. The Morgan fingerprint density at radius 1 is 1.33 bits per heavy atom. The Morgan fingerprint density at radius 3 is 2.83 bits per heavy atom. The average Bonchev–Trinajstić information content (AvgIpc) is 2.61. The number of aromatic hydroxyl groups is 1. The molecule has 0 amide bonds. The molecule has 2 N–H and O–H groups in total. The van der Waals surface area contributed by atoms with E-state index in [4.69, 9.17) is 5.21 Å². The molecule has 0 spiro atoms. The molecule has 2 aliphatic rings. The van der Waals surface area contributed by atoms with Gasteiger partial charge in [0.2, 0.25) is 0 Å². The maximum atomic E-state index is 9.60. The van der Waals surface area contributed by atoms with E-state index >= 15 is 0 Å². The number of hydrogen-bond acceptors (Lipinski definition) is 3. The van der Waals surface area contributed by atoms with E-state index in [-0.39, 0.29) is 5.41 Å². The van der Waals surface area contributed by atoms with Crippen LogP contribution in [0.3, 0.4) is 0 Å². The van der Waals surface area contributed by atoms with E-state index in [0.717, 1.165) is 30.5 Å². The summed E-state index contributed by atoms with van der Waals surface area (Å²) in [6, 6.07) is 5.57. The molecule has 3 rings (SSSR count). The van der Waals surface area contributed by atoms with Crippen LogP contribution in [0.15, 0.2) is 28.9 Å². The minimum Gasteiger partial charge on any atom is -0.508 e. The third-order valence-electron chi connectivity index (χ3n) is 4.38. The van der Waals surface area contributed by atoms with Gasteiger partial charge in [0.05, 0.1) is 5.71 Å². The molecular formula is C15H17NO2. The molecular weight excluding hydrogens is 226 g/mol. The highest BCUT2D eigenvalue weighted by molar-refractivity contribution is 6.08. The molecule has 1 atom stereocenters. The molecule has 1 aromatic rings. The van der Waals surface area contributed by atoms with Gasteiger partial charge in [0.15, 0.2) is 0 Å². The molecule has 0 aliphatic heterocycles. The second-order valence-electron chi connectivity index (χ2n) is 5.63. The van der Waals surface area contributed by atoms with E-state index in [0.29, 0.717) is 5.75 Å². The lowest BCUT2D eigenvalue weighted by Crippen LogP contribution is -2.24. The third kappa shape index (κ3) is 1.40. The van der Waals surface area contributed by atoms with Gasteiger partial charge in [-0.1, -0.05) is 18.1 Å². The van der Waals surface area contributed by atoms with Crippen molar-refractivity contribution in [2.75, 3.05) is 0 Å². The van der Waals surface area contributed by atoms with Gasteiger partial charge in [0.25, 0.3) is 0 Å². The smallest absolute Gasteiger partial charge is 0.115 e. The fourth-order valence-electron chi connectivity index (χ4n) is 3.52. The first-order valence-electron chi connectivity index (χ1n) is 6.30. The fourth-order valence-corrected chi connectivity index (χ4v) is 3.52. The monoisotopic (exact) mass is 243 g/mol. The zero-order valence-electron chi connectivity index (χ0n) is 10.7. The van der Waals surface area contributed by atoms with Crippen molar-refractivity contribution in [3.8, 4) is 5.75 Å². The predicted octanol–water partition coefficient (Wildman–Crippen LogP) is 3.35. The lowest BCUT2D eigenvalue weighted by atomic mass is 9.71. The summed E-state index contributed by atoms with van der Waals surface area (Å²) in [5.41, 5.74) is 5.70. The van der Waals surface area contributed by atoms with Gasteiger partial charge >= 0.3 is 0 Å². The molecule has 18 heavy (non-hydrogen) atoms. The summed E-state index contributed by atoms with van der Waals surface area (Å²) in [6.07, 6.45) is 2.78. The molecule has 0 fully saturated rings. The number of fused-ring (bicyclic) bond motifs is 3. The Morgan fingerprint density at radius 2 is 2.11 bits per heavy atom. The number of benzene rings is 1. The van der Waals surface area contributed by atoms with E-state index in [1.54, 1.807) is 6.07 Å². The number of nitrogens with zero attached hydrogens (tertiary/aromatic N) is 1. The molecule has 0 saturated carbocycles. The van der Waals surface area contributed by atoms with Crippen molar-refractivity contribution in [1.29, 1.82) is 0 Å². The number of hydrogen-bond donors (Lipinski definition) is 2. The lowest BCUT2D eigenvalue weighted by Gasteiger charge is -2.32. The van der Waals surface area contributed by atoms with Gasteiger partial charge < -0.3 is 10.3 Å². The number of rotatable bonds is 0. The van der Waals surface area contributed by atoms with Crippen LogP contribution in [0.1, 0.15) is 37.8 Å². The summed E-state index contributed by atoms with van der Waals surface area (Å²) >= 11 is 0. The van der Waals surface area contributed by atoms with Gasteiger partial charge in [0.1, 0.15) is 5.75 Å². The van der Waals surface area contributed by atoms with E-state index in [1.807, 2.05) is 19.1 Å². The molecule has 0 saturated heterocycles. The lowest BCUT2D eigenvalue weighted by molar-refractivity contribution is 0.315. The van der Waals surface area contributed by atoms with Crippen LogP contribution in [-0.2, 0) is 6.42 Å². The van der Waals surface area contributed by atoms with Crippen molar-refractivity contribution >= 4 is 11.3 Å². The average molecular weight is 243 g/mol. The minimum atomic E-state index is 0.119. The van der Waals surface area contributed by atoms with Gasteiger partial charge in [-0.25, -0.2) is 0 Å². The zero-order valence-corrected chi connectivity index (χ0v) is 10.7. The maximum Gasteiger partial charge on any atom is 0.115 e. The van der Waals surface area contributed by atoms with Crippen molar-refractivity contribution in [1.82, 2.24) is 0 Å². The molecule has 94 valence electrons. The van der Waals surface area contributed by atoms with Crippen LogP contribution in [-0.4, -0.2) is 16.0 Å². The summed E-state index contributed by atoms with van der Waals surface area (Å²) < 4.78 is 0. The number of phenolic OH excluding ortho intramolecular Hbond substituents is 1. The fraction of sp³-hybridized carbons (Fsp3) is 0.400. The largest absolute Gasteiger partial charge is 0.508 e. The normalized spacial score (nSPS) is 28.4. The Kier molecular flexibility index (Phi) is 2.27. The van der Waals surface area contributed by atoms with Crippen molar-refractivity contribution in [2.45, 2.75) is 33.1 Å². The summed E-state index contributed by atoms with van der Waals surface area (Å²) in [5, 5.41) is 22.1. The Hall–Kier alpha value is -1.77. The van der Waals surface area contributed by atoms with Crippen LogP contribution >= 0.6 is 0 Å². The number of oxime groups is 1. The Balaban J connectivity index is 2.25. The molecule has 0 radical (unpaired) electrons. The van der Waals surface area contributed by atoms with Gasteiger partial charge in [-0.2, -0.15) is 0 Å². The molecule has 0 heterocycles. The Bertz CT molecular complexity index is 586. The zero-order chi connectivity index (χ0) is 12.9. The quantitative estimate of drug-likeness (QED) is 0.542. The molecule has 1 unspecified atom stereocenters. The van der Waals surface area contributed by atoms with Crippen molar-refractivity contribution in [3.05, 3.63) is 34.9 Å². The third-order valence-corrected chi connectivity index (χ3v) is 4.38. The second-order valence-corrected chi connectivity index (χ2v) is 5.63. The number of allylic oxidation sites excluding steroid dienone is 2. The summed E-state index contributed by atoms with van der Waals surface area (Å²) in [4.78, 5) is 0. The second kappa shape index (κ2) is 3.61. The van der Waals surface area contributed by atoms with Crippen molar-refractivity contribution in [3.63, 3.8) is 0 Å². The van der Waals surface area contributed by atoms with Crippen LogP contribution in [0.2, 0.25) is 0 Å². The van der Waals surface area contributed by atoms with Gasteiger partial charge in [-0.3, -0.25) is 0 Å². The molecule has 2 aliphatic carbocycles. The van der Waals surface area contributed by atoms with Crippen LogP contribution in [0.5, 0.6) is 5.75 Å². The van der Waals surface area contributed by atoms with Crippen LogP contribution in [0.25, 0.3) is 5.57 Å². The van der Waals surface area contributed by atoms with Crippen LogP contribution in [0.4, 0.5) is 0 Å². The number of phenols is 1. The van der Waals surface area contributed by atoms with E-state index in [1.165, 1.54) is 16.7 Å². The summed E-state index contributed by atoms with van der Waals surface area (Å²) in [6.45, 7) is 4.29. The summed E-state index contributed by atoms with van der Waals surface area (Å²) in [7, 11) is 0. The molecule has 3 nitrogen and oxygen atoms in total. The minimum absolute atomic E-state index is 0.119. The van der Waals surface area contributed by atoms with Crippen LogP contribution < -0.4 is 0 Å².